The van der Waals surface area contributed by atoms with Crippen LogP contribution in [0, 0.1) is 0 Å². The quantitative estimate of drug-likeness (QED) is 0.237. The van der Waals surface area contributed by atoms with Crippen LogP contribution in [0.5, 0.6) is 11.5 Å². The van der Waals surface area contributed by atoms with Crippen LogP contribution in [0.25, 0.3) is 6.08 Å². The molecule has 0 saturated heterocycles. The van der Waals surface area contributed by atoms with Crippen molar-refractivity contribution >= 4 is 29.4 Å². The molecule has 2 aromatic heterocycles. The fourth-order valence-electron chi connectivity index (χ4n) is 4.41. The molecule has 40 heavy (non-hydrogen) atoms. The molecule has 2 aromatic carbocycles. The number of esters is 2. The first-order valence-corrected chi connectivity index (χ1v) is 13.5. The summed E-state index contributed by atoms with van der Waals surface area (Å²) >= 11 is 1.22. The van der Waals surface area contributed by atoms with Crippen LogP contribution in [0.1, 0.15) is 48.5 Å². The molecule has 0 aliphatic carbocycles. The summed E-state index contributed by atoms with van der Waals surface area (Å²) < 4.78 is 23.6. The van der Waals surface area contributed by atoms with Gasteiger partial charge in [0.05, 0.1) is 41.3 Å². The van der Waals surface area contributed by atoms with E-state index in [9.17, 15) is 14.4 Å². The van der Waals surface area contributed by atoms with E-state index in [0.29, 0.717) is 38.5 Å². The Morgan fingerprint density at radius 2 is 1.82 bits per heavy atom. The summed E-state index contributed by atoms with van der Waals surface area (Å²) in [6.07, 6.45) is 3.11. The molecule has 1 aliphatic heterocycles. The fourth-order valence-corrected chi connectivity index (χ4v) is 5.45. The molecule has 0 saturated carbocycles. The van der Waals surface area contributed by atoms with E-state index in [1.807, 2.05) is 37.3 Å². The Balaban J connectivity index is 1.58. The van der Waals surface area contributed by atoms with Gasteiger partial charge in [0.15, 0.2) is 16.3 Å². The lowest BCUT2D eigenvalue weighted by Crippen LogP contribution is -2.39. The van der Waals surface area contributed by atoms with Crippen molar-refractivity contribution in [1.29, 1.82) is 0 Å². The maximum Gasteiger partial charge on any atom is 0.379 e. The van der Waals surface area contributed by atoms with E-state index < -0.39 is 18.0 Å². The smallest absolute Gasteiger partial charge is 0.379 e. The van der Waals surface area contributed by atoms with E-state index in [2.05, 4.69) is 4.99 Å². The largest absolute Gasteiger partial charge is 0.490 e. The van der Waals surface area contributed by atoms with Crippen LogP contribution >= 0.6 is 11.3 Å². The molecular weight excluding hydrogens is 532 g/mol. The molecule has 0 fully saturated rings. The first-order valence-electron chi connectivity index (χ1n) is 12.7. The zero-order valence-corrected chi connectivity index (χ0v) is 22.9. The zero-order chi connectivity index (χ0) is 28.2. The van der Waals surface area contributed by atoms with Crippen molar-refractivity contribution in [3.8, 4) is 11.5 Å². The lowest BCUT2D eigenvalue weighted by molar-refractivity contribution is -0.139. The van der Waals surface area contributed by atoms with Gasteiger partial charge in [0, 0.05) is 0 Å². The molecule has 0 spiro atoms. The van der Waals surface area contributed by atoms with Gasteiger partial charge in [0.25, 0.3) is 5.56 Å². The first-order chi connectivity index (χ1) is 19.4. The second kappa shape index (κ2) is 11.6. The van der Waals surface area contributed by atoms with E-state index in [4.69, 9.17) is 18.6 Å². The van der Waals surface area contributed by atoms with Crippen molar-refractivity contribution in [2.75, 3.05) is 13.2 Å². The second-order valence-corrected chi connectivity index (χ2v) is 9.73. The SMILES string of the molecule is CCOC(=O)C1=C(C)N=c2sc(=Cc3ccc(OC(=O)c4ccco4)c(OCC)c3)c(=O)n2[C@@H]1c1ccccc1. The summed E-state index contributed by atoms with van der Waals surface area (Å²) in [6, 6.07) is 16.8. The number of rotatable bonds is 8. The minimum absolute atomic E-state index is 0.0677. The van der Waals surface area contributed by atoms with Crippen LogP contribution in [-0.4, -0.2) is 29.7 Å². The molecule has 4 aromatic rings. The molecule has 204 valence electrons. The number of thiazole rings is 1. The molecule has 0 bridgehead atoms. The highest BCUT2D eigenvalue weighted by atomic mass is 32.1. The minimum Gasteiger partial charge on any atom is -0.490 e. The van der Waals surface area contributed by atoms with Gasteiger partial charge in [-0.25, -0.2) is 14.6 Å². The zero-order valence-electron chi connectivity index (χ0n) is 22.1. The number of allylic oxidation sites excluding steroid dienone is 1. The number of nitrogens with zero attached hydrogens (tertiary/aromatic N) is 2. The molecule has 0 radical (unpaired) electrons. The van der Waals surface area contributed by atoms with Gasteiger partial charge in [-0.2, -0.15) is 0 Å². The van der Waals surface area contributed by atoms with Gasteiger partial charge in [-0.1, -0.05) is 47.7 Å². The predicted molar refractivity (Wildman–Crippen MR) is 148 cm³/mol. The number of ether oxygens (including phenoxy) is 3. The maximum atomic E-state index is 13.8. The van der Waals surface area contributed by atoms with Crippen LogP contribution in [0.3, 0.4) is 0 Å². The number of carbonyl (C=O) groups excluding carboxylic acids is 2. The Morgan fingerprint density at radius 1 is 1.02 bits per heavy atom. The van der Waals surface area contributed by atoms with Crippen LogP contribution in [0.4, 0.5) is 0 Å². The summed E-state index contributed by atoms with van der Waals surface area (Å²) in [7, 11) is 0. The van der Waals surface area contributed by atoms with E-state index >= 15 is 0 Å². The number of furan rings is 1. The van der Waals surface area contributed by atoms with E-state index in [1.165, 1.54) is 28.2 Å². The number of fused-ring (bicyclic) bond motifs is 1. The first kappa shape index (κ1) is 26.9. The molecule has 5 rings (SSSR count). The van der Waals surface area contributed by atoms with E-state index in [-0.39, 0.29) is 23.7 Å². The van der Waals surface area contributed by atoms with Crippen molar-refractivity contribution in [3.05, 3.63) is 115 Å². The molecule has 0 amide bonds. The highest BCUT2D eigenvalue weighted by Gasteiger charge is 2.33. The lowest BCUT2D eigenvalue weighted by Gasteiger charge is -2.24. The van der Waals surface area contributed by atoms with E-state index in [0.717, 1.165) is 5.56 Å². The molecule has 0 unspecified atom stereocenters. The monoisotopic (exact) mass is 558 g/mol. The summed E-state index contributed by atoms with van der Waals surface area (Å²) in [5, 5.41) is 0. The Hall–Kier alpha value is -4.70. The van der Waals surface area contributed by atoms with Crippen LogP contribution in [0.15, 0.2) is 92.4 Å². The van der Waals surface area contributed by atoms with Gasteiger partial charge in [-0.3, -0.25) is 9.36 Å². The molecule has 9 nitrogen and oxygen atoms in total. The topological polar surface area (TPSA) is 109 Å². The van der Waals surface area contributed by atoms with Crippen molar-refractivity contribution in [1.82, 2.24) is 4.57 Å². The van der Waals surface area contributed by atoms with Gasteiger partial charge >= 0.3 is 11.9 Å². The van der Waals surface area contributed by atoms with Crippen molar-refractivity contribution in [2.45, 2.75) is 26.8 Å². The predicted octanol–water partition coefficient (Wildman–Crippen LogP) is 4.01. The Bertz CT molecular complexity index is 1770. The van der Waals surface area contributed by atoms with Gasteiger partial charge in [-0.15, -0.1) is 0 Å². The fraction of sp³-hybridized carbons (Fsp3) is 0.200. The minimum atomic E-state index is -0.680. The highest BCUT2D eigenvalue weighted by Crippen LogP contribution is 2.31. The molecule has 10 heteroatoms. The number of benzene rings is 2. The average Bonchev–Trinajstić information content (AvgIpc) is 3.59. The molecule has 1 atom stereocenters. The summed E-state index contributed by atoms with van der Waals surface area (Å²) in [6.45, 7) is 5.84. The average molecular weight is 559 g/mol. The number of hydrogen-bond acceptors (Lipinski definition) is 9. The van der Waals surface area contributed by atoms with Crippen LogP contribution in [0.2, 0.25) is 0 Å². The standard InChI is InChI=1S/C30H26N2O7S/c1-4-36-23-16-19(13-14-21(23)39-28(34)22-12-9-15-38-22)17-24-27(33)32-26(20-10-7-6-8-11-20)25(29(35)37-5-2)18(3)31-30(32)40-24/h6-17,26H,4-5H2,1-3H3/t26-/m1/s1. The second-order valence-electron chi connectivity index (χ2n) is 8.72. The molecular formula is C30H26N2O7S. The highest BCUT2D eigenvalue weighted by molar-refractivity contribution is 7.07. The number of carbonyl (C=O) groups is 2. The normalized spacial score (nSPS) is 14.9. The Morgan fingerprint density at radius 3 is 2.52 bits per heavy atom. The van der Waals surface area contributed by atoms with Crippen molar-refractivity contribution in [2.24, 2.45) is 4.99 Å². The van der Waals surface area contributed by atoms with Gasteiger partial charge in [0.2, 0.25) is 5.76 Å². The van der Waals surface area contributed by atoms with Gasteiger partial charge < -0.3 is 18.6 Å². The van der Waals surface area contributed by atoms with Crippen molar-refractivity contribution in [3.63, 3.8) is 0 Å². The third kappa shape index (κ3) is 5.26. The Kier molecular flexibility index (Phi) is 7.79. The molecule has 1 aliphatic rings. The van der Waals surface area contributed by atoms with Gasteiger partial charge in [-0.05, 0) is 62.2 Å². The Labute approximate surface area is 233 Å². The maximum absolute atomic E-state index is 13.8. The summed E-state index contributed by atoms with van der Waals surface area (Å²) in [4.78, 5) is 44.2. The van der Waals surface area contributed by atoms with Crippen molar-refractivity contribution < 1.29 is 28.2 Å². The third-order valence-corrected chi connectivity index (χ3v) is 7.11. The third-order valence-electron chi connectivity index (χ3n) is 6.12. The number of aromatic nitrogens is 1. The van der Waals surface area contributed by atoms with Gasteiger partial charge in [0.1, 0.15) is 0 Å². The van der Waals surface area contributed by atoms with E-state index in [1.54, 1.807) is 44.2 Å². The van der Waals surface area contributed by atoms with Crippen LogP contribution < -0.4 is 24.4 Å². The summed E-state index contributed by atoms with van der Waals surface area (Å²) in [5.41, 5.74) is 1.96. The molecule has 0 N–H and O–H groups in total. The molecule has 3 heterocycles. The lowest BCUT2D eigenvalue weighted by atomic mass is 9.96. The van der Waals surface area contributed by atoms with Crippen LogP contribution in [-0.2, 0) is 9.53 Å². The summed E-state index contributed by atoms with van der Waals surface area (Å²) in [5.74, 6) is -0.529. The number of hydrogen-bond donors (Lipinski definition) is 0.